The Morgan fingerprint density at radius 2 is 1.62 bits per heavy atom. The van der Waals surface area contributed by atoms with Gasteiger partial charge in [0.25, 0.3) is 0 Å². The molecule has 0 unspecified atom stereocenters. The molecular weight excluding hydrogens is 499 g/mol. The molecule has 3 nitrogen and oxygen atoms in total. The van der Waals surface area contributed by atoms with Crippen LogP contribution in [0.25, 0.3) is 11.3 Å². The zero-order valence-electron chi connectivity index (χ0n) is 21.4. The van der Waals surface area contributed by atoms with Crippen molar-refractivity contribution in [3.05, 3.63) is 111 Å². The molecule has 192 valence electrons. The molecule has 0 N–H and O–H groups in total. The number of aromatic nitrogens is 1. The van der Waals surface area contributed by atoms with Crippen LogP contribution in [0.15, 0.2) is 78.9 Å². The van der Waals surface area contributed by atoms with E-state index >= 15 is 0 Å². The highest BCUT2D eigenvalue weighted by molar-refractivity contribution is 6.42. The number of benzene rings is 3. The molecular formula is C32H34Cl2N2O. The van der Waals surface area contributed by atoms with Crippen LogP contribution in [0.2, 0.25) is 10.0 Å². The van der Waals surface area contributed by atoms with Gasteiger partial charge < -0.3 is 9.30 Å². The molecule has 1 aromatic heterocycles. The zero-order valence-corrected chi connectivity index (χ0v) is 22.9. The van der Waals surface area contributed by atoms with Crippen molar-refractivity contribution in [3.63, 3.8) is 0 Å². The van der Waals surface area contributed by atoms with Gasteiger partial charge in [0.05, 0.1) is 16.7 Å². The first kappa shape index (κ1) is 25.9. The maximum Gasteiger partial charge on any atom is 0.122 e. The first-order valence-corrected chi connectivity index (χ1v) is 14.0. The van der Waals surface area contributed by atoms with E-state index < -0.39 is 0 Å². The fraction of sp³-hybridized carbons (Fsp3) is 0.312. The summed E-state index contributed by atoms with van der Waals surface area (Å²) in [5.41, 5.74) is 7.58. The molecule has 4 aromatic rings. The minimum Gasteiger partial charge on any atom is -0.493 e. The van der Waals surface area contributed by atoms with Crippen molar-refractivity contribution in [3.8, 4) is 17.0 Å². The number of unbranched alkanes of at least 4 members (excludes halogenated alkanes) is 1. The van der Waals surface area contributed by atoms with Crippen LogP contribution in [-0.4, -0.2) is 16.1 Å². The molecule has 0 radical (unpaired) electrons. The van der Waals surface area contributed by atoms with Crippen LogP contribution in [0, 0.1) is 0 Å². The maximum atomic E-state index is 6.38. The van der Waals surface area contributed by atoms with E-state index in [2.05, 4.69) is 83.1 Å². The lowest BCUT2D eigenvalue weighted by molar-refractivity contribution is 0.239. The number of fused-ring (bicyclic) bond motifs is 1. The molecule has 1 aliphatic heterocycles. The summed E-state index contributed by atoms with van der Waals surface area (Å²) in [6, 6.07) is 27.9. The van der Waals surface area contributed by atoms with Gasteiger partial charge in [0, 0.05) is 37.6 Å². The summed E-state index contributed by atoms with van der Waals surface area (Å²) in [6.45, 7) is 6.48. The van der Waals surface area contributed by atoms with Gasteiger partial charge in [0.1, 0.15) is 5.75 Å². The second-order valence-corrected chi connectivity index (χ2v) is 10.7. The summed E-state index contributed by atoms with van der Waals surface area (Å²) in [7, 11) is 0. The number of halogens is 2. The van der Waals surface area contributed by atoms with Gasteiger partial charge in [-0.1, -0.05) is 85.1 Å². The average Bonchev–Trinajstić information content (AvgIpc) is 3.32. The number of hydrogen-bond donors (Lipinski definition) is 0. The standard InChI is InChI=1S/C32H34Cl2N2O/c1-2-3-17-36-28(14-16-31(36)26-8-5-4-6-9-26)23-35(21-24-12-15-29(33)30(34)19-24)22-25-11-13-27-10-7-18-37-32(27)20-25/h4-6,8-9,11-16,19-20H,2-3,7,10,17-18,21-23H2,1H3. The summed E-state index contributed by atoms with van der Waals surface area (Å²) in [4.78, 5) is 2.48. The SMILES string of the molecule is CCCCn1c(CN(Cc2ccc(Cl)c(Cl)c2)Cc2ccc3c(c2)OCCC3)ccc1-c1ccccc1. The highest BCUT2D eigenvalue weighted by atomic mass is 35.5. The van der Waals surface area contributed by atoms with Crippen LogP contribution in [0.3, 0.4) is 0 Å². The van der Waals surface area contributed by atoms with Gasteiger partial charge in [0.15, 0.2) is 0 Å². The van der Waals surface area contributed by atoms with Crippen molar-refractivity contribution in [2.24, 2.45) is 0 Å². The van der Waals surface area contributed by atoms with E-state index in [1.165, 1.54) is 28.1 Å². The van der Waals surface area contributed by atoms with Crippen LogP contribution < -0.4 is 4.74 Å². The maximum absolute atomic E-state index is 6.38. The van der Waals surface area contributed by atoms with Crippen LogP contribution in [0.4, 0.5) is 0 Å². The number of nitrogens with zero attached hydrogens (tertiary/aromatic N) is 2. The normalized spacial score (nSPS) is 13.0. The van der Waals surface area contributed by atoms with Crippen molar-refractivity contribution >= 4 is 23.2 Å². The van der Waals surface area contributed by atoms with Crippen LogP contribution in [0.5, 0.6) is 5.75 Å². The predicted octanol–water partition coefficient (Wildman–Crippen LogP) is 8.79. The summed E-state index contributed by atoms with van der Waals surface area (Å²) >= 11 is 12.6. The van der Waals surface area contributed by atoms with Gasteiger partial charge >= 0.3 is 0 Å². The fourth-order valence-electron chi connectivity index (χ4n) is 5.12. The quantitative estimate of drug-likeness (QED) is 0.203. The summed E-state index contributed by atoms with van der Waals surface area (Å²) in [6.07, 6.45) is 4.49. The molecule has 37 heavy (non-hydrogen) atoms. The molecule has 0 saturated carbocycles. The number of hydrogen-bond acceptors (Lipinski definition) is 2. The third-order valence-electron chi connectivity index (χ3n) is 7.04. The van der Waals surface area contributed by atoms with E-state index in [1.807, 2.05) is 12.1 Å². The van der Waals surface area contributed by atoms with Crippen LogP contribution in [-0.2, 0) is 32.6 Å². The summed E-state index contributed by atoms with van der Waals surface area (Å²) in [5.74, 6) is 1.04. The van der Waals surface area contributed by atoms with Crippen molar-refractivity contribution in [2.45, 2.75) is 58.8 Å². The van der Waals surface area contributed by atoms with Crippen LogP contribution >= 0.6 is 23.2 Å². The van der Waals surface area contributed by atoms with Crippen LogP contribution in [0.1, 0.15) is 48.6 Å². The van der Waals surface area contributed by atoms with Crippen molar-refractivity contribution in [1.29, 1.82) is 0 Å². The molecule has 0 bridgehead atoms. The third kappa shape index (κ3) is 6.41. The molecule has 0 amide bonds. The Kier molecular flexibility index (Phi) is 8.55. The largest absolute Gasteiger partial charge is 0.493 e. The molecule has 0 aliphatic carbocycles. The Morgan fingerprint density at radius 3 is 2.41 bits per heavy atom. The molecule has 0 fully saturated rings. The second kappa shape index (κ2) is 12.2. The van der Waals surface area contributed by atoms with E-state index in [9.17, 15) is 0 Å². The Morgan fingerprint density at radius 1 is 0.838 bits per heavy atom. The van der Waals surface area contributed by atoms with Gasteiger partial charge in [0.2, 0.25) is 0 Å². The Balaban J connectivity index is 1.45. The van der Waals surface area contributed by atoms with E-state index in [-0.39, 0.29) is 0 Å². The Labute approximate surface area is 230 Å². The van der Waals surface area contributed by atoms with Gasteiger partial charge in [-0.2, -0.15) is 0 Å². The average molecular weight is 534 g/mol. The smallest absolute Gasteiger partial charge is 0.122 e. The van der Waals surface area contributed by atoms with Gasteiger partial charge in [-0.15, -0.1) is 0 Å². The first-order valence-electron chi connectivity index (χ1n) is 13.3. The third-order valence-corrected chi connectivity index (χ3v) is 7.78. The molecule has 0 spiro atoms. The van der Waals surface area contributed by atoms with Crippen molar-refractivity contribution in [2.75, 3.05) is 6.61 Å². The minimum absolute atomic E-state index is 0.588. The number of rotatable bonds is 10. The number of ether oxygens (including phenoxy) is 1. The van der Waals surface area contributed by atoms with Crippen molar-refractivity contribution in [1.82, 2.24) is 9.47 Å². The second-order valence-electron chi connectivity index (χ2n) is 9.87. The lowest BCUT2D eigenvalue weighted by Crippen LogP contribution is -2.24. The van der Waals surface area contributed by atoms with E-state index in [4.69, 9.17) is 27.9 Å². The Bertz CT molecular complexity index is 1330. The summed E-state index contributed by atoms with van der Waals surface area (Å²) < 4.78 is 8.47. The number of aryl methyl sites for hydroxylation is 1. The van der Waals surface area contributed by atoms with Crippen molar-refractivity contribution < 1.29 is 4.74 Å². The highest BCUT2D eigenvalue weighted by Crippen LogP contribution is 2.29. The fourth-order valence-corrected chi connectivity index (χ4v) is 5.44. The van der Waals surface area contributed by atoms with Gasteiger partial charge in [-0.25, -0.2) is 0 Å². The predicted molar refractivity (Wildman–Crippen MR) is 154 cm³/mol. The molecule has 5 heteroatoms. The Hall–Kier alpha value is -2.72. The molecule has 5 rings (SSSR count). The van der Waals surface area contributed by atoms with E-state index in [0.717, 1.165) is 69.8 Å². The van der Waals surface area contributed by atoms with Gasteiger partial charge in [-0.05, 0) is 71.8 Å². The lowest BCUT2D eigenvalue weighted by Gasteiger charge is -2.25. The molecule has 2 heterocycles. The lowest BCUT2D eigenvalue weighted by atomic mass is 10.0. The van der Waals surface area contributed by atoms with E-state index in [1.54, 1.807) is 0 Å². The van der Waals surface area contributed by atoms with Gasteiger partial charge in [-0.3, -0.25) is 4.90 Å². The van der Waals surface area contributed by atoms with E-state index in [0.29, 0.717) is 10.0 Å². The monoisotopic (exact) mass is 532 g/mol. The molecule has 1 aliphatic rings. The zero-order chi connectivity index (χ0) is 25.6. The highest BCUT2D eigenvalue weighted by Gasteiger charge is 2.17. The minimum atomic E-state index is 0.588. The molecule has 3 aromatic carbocycles. The summed E-state index contributed by atoms with van der Waals surface area (Å²) in [5, 5.41) is 1.18. The molecule has 0 atom stereocenters. The molecule has 0 saturated heterocycles. The first-order chi connectivity index (χ1) is 18.1. The topological polar surface area (TPSA) is 17.4 Å².